The predicted molar refractivity (Wildman–Crippen MR) is 117 cm³/mol. The number of hydrogen-bond donors (Lipinski definition) is 1. The van der Waals surface area contributed by atoms with Gasteiger partial charge in [-0.15, -0.1) is 11.3 Å². The molecular weight excluding hydrogens is 440 g/mol. The molecule has 0 spiro atoms. The number of benzene rings is 1. The van der Waals surface area contributed by atoms with Crippen LogP contribution < -0.4 is 5.32 Å². The minimum atomic E-state index is -3.46. The van der Waals surface area contributed by atoms with Crippen molar-refractivity contribution < 1.29 is 27.5 Å². The van der Waals surface area contributed by atoms with Gasteiger partial charge in [0.25, 0.3) is 0 Å². The van der Waals surface area contributed by atoms with Crippen LogP contribution in [-0.4, -0.2) is 50.5 Å². The van der Waals surface area contributed by atoms with Crippen LogP contribution in [0.25, 0.3) is 0 Å². The molecule has 0 radical (unpaired) electrons. The van der Waals surface area contributed by atoms with Crippen molar-refractivity contribution in [3.63, 3.8) is 0 Å². The van der Waals surface area contributed by atoms with Crippen molar-refractivity contribution in [1.29, 1.82) is 0 Å². The molecule has 1 aliphatic rings. The van der Waals surface area contributed by atoms with Gasteiger partial charge < -0.3 is 15.0 Å². The van der Waals surface area contributed by atoms with Crippen LogP contribution in [0.1, 0.15) is 40.6 Å². The number of amides is 2. The highest BCUT2D eigenvalue weighted by atomic mass is 32.2. The number of fused-ring (bicyclic) bond motifs is 1. The third kappa shape index (κ3) is 5.31. The number of anilines is 1. The van der Waals surface area contributed by atoms with Gasteiger partial charge >= 0.3 is 5.97 Å². The minimum absolute atomic E-state index is 0.00515. The van der Waals surface area contributed by atoms with E-state index in [2.05, 4.69) is 5.32 Å². The van der Waals surface area contributed by atoms with E-state index in [9.17, 15) is 22.8 Å². The second-order valence-corrected chi connectivity index (χ2v) is 10.4. The monoisotopic (exact) mass is 464 g/mol. The second-order valence-electron chi connectivity index (χ2n) is 7.17. The number of rotatable bonds is 7. The zero-order chi connectivity index (χ0) is 22.6. The number of nitrogens with zero attached hydrogens (tertiary/aromatic N) is 1. The molecule has 1 N–H and O–H groups in total. The number of methoxy groups -OCH3 is 1. The van der Waals surface area contributed by atoms with Crippen LogP contribution >= 0.6 is 11.3 Å². The normalized spacial score (nSPS) is 13.4. The molecule has 166 valence electrons. The van der Waals surface area contributed by atoms with Crippen LogP contribution in [0.15, 0.2) is 35.2 Å². The molecule has 0 aliphatic carbocycles. The molecule has 1 aliphatic heterocycles. The fourth-order valence-corrected chi connectivity index (χ4v) is 6.04. The van der Waals surface area contributed by atoms with Gasteiger partial charge in [0.05, 0.1) is 29.9 Å². The molecule has 0 atom stereocenters. The van der Waals surface area contributed by atoms with Gasteiger partial charge in [0.1, 0.15) is 5.00 Å². The number of nitrogens with one attached hydrogen (secondary N) is 1. The molecule has 2 heterocycles. The van der Waals surface area contributed by atoms with Crippen molar-refractivity contribution in [1.82, 2.24) is 4.90 Å². The fourth-order valence-electron chi connectivity index (χ4n) is 3.44. The average molecular weight is 465 g/mol. The summed E-state index contributed by atoms with van der Waals surface area (Å²) >= 11 is 1.25. The third-order valence-electron chi connectivity index (χ3n) is 5.06. The smallest absolute Gasteiger partial charge is 0.341 e. The molecular formula is C21H24N2O6S2. The SMILES string of the molecule is COC(=O)c1c(NC(=O)CCCS(=O)(=O)c2ccccc2)sc2c1CCN(C(C)=O)C2. The molecule has 2 amide bonds. The average Bonchev–Trinajstić information content (AvgIpc) is 3.10. The van der Waals surface area contributed by atoms with Gasteiger partial charge in [0, 0.05) is 24.8 Å². The quantitative estimate of drug-likeness (QED) is 0.631. The molecule has 10 heteroatoms. The van der Waals surface area contributed by atoms with Gasteiger partial charge in [0.2, 0.25) is 11.8 Å². The van der Waals surface area contributed by atoms with E-state index >= 15 is 0 Å². The number of carbonyl (C=O) groups is 3. The molecule has 0 fully saturated rings. The van der Waals surface area contributed by atoms with Gasteiger partial charge in [-0.1, -0.05) is 18.2 Å². The summed E-state index contributed by atoms with van der Waals surface area (Å²) in [5.41, 5.74) is 1.10. The minimum Gasteiger partial charge on any atom is -0.465 e. The topological polar surface area (TPSA) is 110 Å². The van der Waals surface area contributed by atoms with E-state index in [-0.39, 0.29) is 35.3 Å². The van der Waals surface area contributed by atoms with E-state index in [1.807, 2.05) is 0 Å². The zero-order valence-electron chi connectivity index (χ0n) is 17.3. The van der Waals surface area contributed by atoms with Gasteiger partial charge in [-0.2, -0.15) is 0 Å². The van der Waals surface area contributed by atoms with Gasteiger partial charge in [-0.3, -0.25) is 9.59 Å². The van der Waals surface area contributed by atoms with E-state index in [1.54, 1.807) is 23.1 Å². The lowest BCUT2D eigenvalue weighted by Gasteiger charge is -2.25. The highest BCUT2D eigenvalue weighted by Gasteiger charge is 2.30. The lowest BCUT2D eigenvalue weighted by Crippen LogP contribution is -2.33. The van der Waals surface area contributed by atoms with Crippen molar-refractivity contribution >= 4 is 44.0 Å². The Morgan fingerprint density at radius 1 is 1.19 bits per heavy atom. The highest BCUT2D eigenvalue weighted by molar-refractivity contribution is 7.91. The van der Waals surface area contributed by atoms with Crippen LogP contribution in [0.4, 0.5) is 5.00 Å². The summed E-state index contributed by atoms with van der Waals surface area (Å²) in [5, 5.41) is 3.11. The maximum atomic E-state index is 12.5. The van der Waals surface area contributed by atoms with Crippen molar-refractivity contribution in [2.75, 3.05) is 24.7 Å². The molecule has 0 bridgehead atoms. The fraction of sp³-hybridized carbons (Fsp3) is 0.381. The molecule has 0 saturated heterocycles. The third-order valence-corrected chi connectivity index (χ3v) is 8.01. The Kier molecular flexibility index (Phi) is 7.11. The van der Waals surface area contributed by atoms with Crippen LogP contribution in [-0.2, 0) is 37.1 Å². The molecule has 2 aromatic rings. The molecule has 8 nitrogen and oxygen atoms in total. The number of esters is 1. The van der Waals surface area contributed by atoms with Crippen LogP contribution in [0, 0.1) is 0 Å². The molecule has 1 aromatic heterocycles. The molecule has 0 unspecified atom stereocenters. The summed E-state index contributed by atoms with van der Waals surface area (Å²) in [7, 11) is -2.18. The van der Waals surface area contributed by atoms with Crippen LogP contribution in [0.2, 0.25) is 0 Å². The second kappa shape index (κ2) is 9.61. The van der Waals surface area contributed by atoms with E-state index in [4.69, 9.17) is 4.74 Å². The summed E-state index contributed by atoms with van der Waals surface area (Å²) in [6.07, 6.45) is 0.648. The molecule has 3 rings (SSSR count). The summed E-state index contributed by atoms with van der Waals surface area (Å²) in [6, 6.07) is 8.10. The first-order valence-electron chi connectivity index (χ1n) is 9.79. The number of thiophene rings is 1. The van der Waals surface area contributed by atoms with Crippen molar-refractivity contribution in [3.05, 3.63) is 46.3 Å². The van der Waals surface area contributed by atoms with Crippen molar-refractivity contribution in [3.8, 4) is 0 Å². The maximum Gasteiger partial charge on any atom is 0.341 e. The van der Waals surface area contributed by atoms with E-state index < -0.39 is 15.8 Å². The molecule has 0 saturated carbocycles. The molecule has 1 aromatic carbocycles. The summed E-state index contributed by atoms with van der Waals surface area (Å²) in [4.78, 5) is 39.2. The maximum absolute atomic E-state index is 12.5. The molecule has 31 heavy (non-hydrogen) atoms. The summed E-state index contributed by atoms with van der Waals surface area (Å²) < 4.78 is 29.6. The lowest BCUT2D eigenvalue weighted by molar-refractivity contribution is -0.129. The predicted octanol–water partition coefficient (Wildman–Crippen LogP) is 2.63. The first-order valence-corrected chi connectivity index (χ1v) is 12.3. The van der Waals surface area contributed by atoms with Crippen molar-refractivity contribution in [2.24, 2.45) is 0 Å². The van der Waals surface area contributed by atoms with Crippen LogP contribution in [0.3, 0.4) is 0 Å². The largest absolute Gasteiger partial charge is 0.465 e. The Morgan fingerprint density at radius 2 is 1.90 bits per heavy atom. The Bertz CT molecular complexity index is 1090. The van der Waals surface area contributed by atoms with Gasteiger partial charge in [-0.05, 0) is 30.5 Å². The van der Waals surface area contributed by atoms with Crippen LogP contribution in [0.5, 0.6) is 0 Å². The number of ether oxygens (including phenoxy) is 1. The van der Waals surface area contributed by atoms with E-state index in [1.165, 1.54) is 37.5 Å². The van der Waals surface area contributed by atoms with E-state index in [0.717, 1.165) is 10.4 Å². The Morgan fingerprint density at radius 3 is 2.55 bits per heavy atom. The van der Waals surface area contributed by atoms with E-state index in [0.29, 0.717) is 30.1 Å². The Labute approximate surface area is 185 Å². The van der Waals surface area contributed by atoms with Gasteiger partial charge in [0.15, 0.2) is 9.84 Å². The first kappa shape index (κ1) is 23.0. The highest BCUT2D eigenvalue weighted by Crippen LogP contribution is 2.37. The standard InChI is InChI=1S/C21H24N2O6S2/c1-14(24)23-11-10-16-17(13-23)30-20(19(16)21(26)29-2)22-18(25)9-6-12-31(27,28)15-7-4-3-5-8-15/h3-5,7-8H,6,9-13H2,1-2H3,(H,22,25). The summed E-state index contributed by atoms with van der Waals surface area (Å²) in [5.74, 6) is -1.13. The first-order chi connectivity index (χ1) is 14.7. The Hall–Kier alpha value is -2.72. The van der Waals surface area contributed by atoms with Crippen molar-refractivity contribution in [2.45, 2.75) is 37.6 Å². The lowest BCUT2D eigenvalue weighted by atomic mass is 10.0. The summed E-state index contributed by atoms with van der Waals surface area (Å²) in [6.45, 7) is 2.37. The Balaban J connectivity index is 1.68. The van der Waals surface area contributed by atoms with Gasteiger partial charge in [-0.25, -0.2) is 13.2 Å². The zero-order valence-corrected chi connectivity index (χ0v) is 19.0. The number of carbonyl (C=O) groups excluding carboxylic acids is 3. The number of sulfone groups is 1. The number of hydrogen-bond acceptors (Lipinski definition) is 7.